The van der Waals surface area contributed by atoms with Crippen LogP contribution in [0.2, 0.25) is 0 Å². The van der Waals surface area contributed by atoms with Gasteiger partial charge in [0.25, 0.3) is 0 Å². The van der Waals surface area contributed by atoms with E-state index in [-0.39, 0.29) is 50.5 Å². The van der Waals surface area contributed by atoms with Gasteiger partial charge in [0.05, 0.1) is 84.7 Å². The number of aromatic nitrogens is 4. The quantitative estimate of drug-likeness (QED) is 0.156. The van der Waals surface area contributed by atoms with Crippen LogP contribution < -0.4 is 4.90 Å². The SMILES string of the molecule is CN1c2ccc(C(F)(F)F)cc2N=C(c2ccccc2)C1c1cc(-c2nc3ccc(C(F)(F)F)cc3nc2-c2ccccc2)cc(-c2nc3ccc(C(F)(F)F)cc3nc2-c2ccccc2)c1. The van der Waals surface area contributed by atoms with Crippen LogP contribution in [0.15, 0.2) is 169 Å². The van der Waals surface area contributed by atoms with E-state index in [0.29, 0.717) is 44.8 Å². The molecule has 0 bridgehead atoms. The first-order chi connectivity index (χ1) is 32.0. The number of likely N-dealkylation sites (N-methyl/N-ethyl adjacent to an activating group) is 1. The van der Waals surface area contributed by atoms with Gasteiger partial charge in [0.15, 0.2) is 0 Å². The van der Waals surface area contributed by atoms with Gasteiger partial charge in [-0.3, -0.25) is 0 Å². The Bertz CT molecular complexity index is 3230. The van der Waals surface area contributed by atoms with Gasteiger partial charge in [-0.15, -0.1) is 0 Å². The zero-order valence-electron chi connectivity index (χ0n) is 34.8. The molecular weight excluding hydrogens is 880 g/mol. The molecule has 9 aromatic rings. The van der Waals surface area contributed by atoms with E-state index in [1.165, 1.54) is 18.2 Å². The highest BCUT2D eigenvalue weighted by atomic mass is 19.4. The molecule has 1 atom stereocenters. The maximum absolute atomic E-state index is 14.1. The Hall–Kier alpha value is -7.94. The lowest BCUT2D eigenvalue weighted by atomic mass is 9.88. The van der Waals surface area contributed by atoms with E-state index in [0.717, 1.165) is 36.4 Å². The second-order valence-corrected chi connectivity index (χ2v) is 15.9. The summed E-state index contributed by atoms with van der Waals surface area (Å²) in [6.07, 6.45) is -14.0. The number of aliphatic imine (C=N–C) groups is 1. The minimum absolute atomic E-state index is 0.0147. The van der Waals surface area contributed by atoms with Crippen LogP contribution in [0.3, 0.4) is 0 Å². The van der Waals surface area contributed by atoms with Crippen LogP contribution in [0.5, 0.6) is 0 Å². The third kappa shape index (κ3) is 8.21. The molecule has 10 rings (SSSR count). The van der Waals surface area contributed by atoms with Crippen molar-refractivity contribution in [3.63, 3.8) is 0 Å². The molecule has 3 heterocycles. The van der Waals surface area contributed by atoms with E-state index >= 15 is 0 Å². The Morgan fingerprint density at radius 1 is 0.388 bits per heavy atom. The first-order valence-corrected chi connectivity index (χ1v) is 20.6. The minimum atomic E-state index is -4.66. The fraction of sp³-hybridized carbons (Fsp3) is 0.0962. The minimum Gasteiger partial charge on any atom is -0.360 e. The number of anilines is 1. The van der Waals surface area contributed by atoms with Crippen molar-refractivity contribution in [2.24, 2.45) is 4.99 Å². The second-order valence-electron chi connectivity index (χ2n) is 15.9. The molecule has 2 aromatic heterocycles. The Balaban J connectivity index is 1.29. The molecule has 0 saturated carbocycles. The summed E-state index contributed by atoms with van der Waals surface area (Å²) in [7, 11) is 1.73. The van der Waals surface area contributed by atoms with Crippen molar-refractivity contribution in [3.05, 3.63) is 192 Å². The number of hydrogen-bond donors (Lipinski definition) is 0. The summed E-state index contributed by atoms with van der Waals surface area (Å²) in [5, 5.41) is 0. The molecule has 332 valence electrons. The summed E-state index contributed by atoms with van der Waals surface area (Å²) in [5.41, 5.74) is 2.45. The fourth-order valence-corrected chi connectivity index (χ4v) is 8.36. The van der Waals surface area contributed by atoms with Gasteiger partial charge in [0, 0.05) is 29.3 Å². The van der Waals surface area contributed by atoms with Gasteiger partial charge in [-0.05, 0) is 83.9 Å². The lowest BCUT2D eigenvalue weighted by molar-refractivity contribution is -0.138. The number of alkyl halides is 9. The van der Waals surface area contributed by atoms with E-state index in [1.54, 1.807) is 109 Å². The normalized spacial score (nSPS) is 14.3. The molecule has 7 aromatic carbocycles. The topological polar surface area (TPSA) is 67.2 Å². The number of benzene rings is 7. The number of fused-ring (bicyclic) bond motifs is 3. The Kier molecular flexibility index (Phi) is 10.4. The van der Waals surface area contributed by atoms with Crippen LogP contribution in [0.1, 0.15) is 33.9 Å². The van der Waals surface area contributed by atoms with Gasteiger partial charge in [-0.25, -0.2) is 24.9 Å². The van der Waals surface area contributed by atoms with Gasteiger partial charge in [-0.1, -0.05) is 91.0 Å². The summed E-state index contributed by atoms with van der Waals surface area (Å²) in [5.74, 6) is 0. The highest BCUT2D eigenvalue weighted by molar-refractivity contribution is 6.10. The fourth-order valence-electron chi connectivity index (χ4n) is 8.36. The van der Waals surface area contributed by atoms with Gasteiger partial charge in [-0.2, -0.15) is 39.5 Å². The van der Waals surface area contributed by atoms with Crippen molar-refractivity contribution < 1.29 is 39.5 Å². The first kappa shape index (κ1) is 43.0. The van der Waals surface area contributed by atoms with E-state index in [1.807, 2.05) is 12.1 Å². The lowest BCUT2D eigenvalue weighted by Crippen LogP contribution is -2.34. The molecule has 6 nitrogen and oxygen atoms in total. The molecule has 0 spiro atoms. The summed E-state index contributed by atoms with van der Waals surface area (Å²) in [6, 6.07) is 40.6. The number of hydrogen-bond acceptors (Lipinski definition) is 6. The van der Waals surface area contributed by atoms with Crippen molar-refractivity contribution in [3.8, 4) is 45.0 Å². The maximum Gasteiger partial charge on any atom is 0.416 e. The average Bonchev–Trinajstić information content (AvgIpc) is 3.32. The smallest absolute Gasteiger partial charge is 0.360 e. The van der Waals surface area contributed by atoms with Crippen LogP contribution >= 0.6 is 0 Å². The van der Waals surface area contributed by atoms with Crippen LogP contribution in [0.25, 0.3) is 67.1 Å². The molecule has 0 saturated heterocycles. The monoisotopic (exact) mass is 910 g/mol. The summed E-state index contributed by atoms with van der Waals surface area (Å²) >= 11 is 0. The highest BCUT2D eigenvalue weighted by Gasteiger charge is 2.36. The van der Waals surface area contributed by atoms with E-state index in [9.17, 15) is 39.5 Å². The number of nitrogens with zero attached hydrogens (tertiary/aromatic N) is 6. The summed E-state index contributed by atoms with van der Waals surface area (Å²) < 4.78 is 126. The molecular formula is C52H31F9N6. The Morgan fingerprint density at radius 2 is 0.776 bits per heavy atom. The molecule has 0 amide bonds. The average molecular weight is 911 g/mol. The number of halogens is 9. The molecule has 1 unspecified atom stereocenters. The van der Waals surface area contributed by atoms with E-state index < -0.39 is 41.3 Å². The highest BCUT2D eigenvalue weighted by Crippen LogP contribution is 2.46. The Morgan fingerprint density at radius 3 is 1.22 bits per heavy atom. The van der Waals surface area contributed by atoms with Crippen molar-refractivity contribution in [2.75, 3.05) is 11.9 Å². The van der Waals surface area contributed by atoms with E-state index in [4.69, 9.17) is 24.9 Å². The summed E-state index contributed by atoms with van der Waals surface area (Å²) in [4.78, 5) is 26.3. The molecule has 1 aliphatic rings. The molecule has 1 aliphatic heterocycles. The van der Waals surface area contributed by atoms with Crippen LogP contribution in [-0.2, 0) is 18.5 Å². The van der Waals surface area contributed by atoms with Crippen molar-refractivity contribution >= 4 is 39.2 Å². The van der Waals surface area contributed by atoms with Gasteiger partial charge >= 0.3 is 18.5 Å². The van der Waals surface area contributed by atoms with Crippen LogP contribution in [0.4, 0.5) is 50.9 Å². The number of rotatable bonds is 6. The zero-order chi connectivity index (χ0) is 46.8. The molecule has 15 heteroatoms. The lowest BCUT2D eigenvalue weighted by Gasteiger charge is -2.37. The van der Waals surface area contributed by atoms with Crippen molar-refractivity contribution in [1.29, 1.82) is 0 Å². The molecule has 0 aliphatic carbocycles. The molecule has 0 N–H and O–H groups in total. The molecule has 0 radical (unpaired) electrons. The predicted molar refractivity (Wildman–Crippen MR) is 240 cm³/mol. The van der Waals surface area contributed by atoms with Crippen LogP contribution in [0, 0.1) is 0 Å². The predicted octanol–water partition coefficient (Wildman–Crippen LogP) is 14.6. The standard InChI is InChI=1S/C52H31F9N6/c1-67-43-22-19-37(52(59,60)61)28-42(43)66-48(31-15-9-4-10-16-31)49(67)34-24-32(46-44(29-11-5-2-6-12-29)64-40-26-35(50(53,54)55)17-20-38(40)62-46)23-33(25-34)47-45(30-13-7-3-8-14-30)65-41-27-36(51(56,57)58)18-21-39(41)63-47/h2-28,49H,1H3. The van der Waals surface area contributed by atoms with Crippen molar-refractivity contribution in [1.82, 2.24) is 19.9 Å². The zero-order valence-corrected chi connectivity index (χ0v) is 34.8. The molecule has 0 fully saturated rings. The van der Waals surface area contributed by atoms with E-state index in [2.05, 4.69) is 0 Å². The van der Waals surface area contributed by atoms with Crippen molar-refractivity contribution in [2.45, 2.75) is 24.6 Å². The first-order valence-electron chi connectivity index (χ1n) is 20.6. The largest absolute Gasteiger partial charge is 0.416 e. The second kappa shape index (κ2) is 16.2. The summed E-state index contributed by atoms with van der Waals surface area (Å²) in [6.45, 7) is 0. The Labute approximate surface area is 375 Å². The third-order valence-electron chi connectivity index (χ3n) is 11.5. The molecule has 67 heavy (non-hydrogen) atoms. The maximum atomic E-state index is 14.1. The van der Waals surface area contributed by atoms with Gasteiger partial charge in [0.2, 0.25) is 0 Å². The van der Waals surface area contributed by atoms with Crippen LogP contribution in [-0.4, -0.2) is 32.7 Å². The van der Waals surface area contributed by atoms with Gasteiger partial charge < -0.3 is 4.90 Å². The third-order valence-corrected chi connectivity index (χ3v) is 11.5. The van der Waals surface area contributed by atoms with Gasteiger partial charge in [0.1, 0.15) is 0 Å².